The summed E-state index contributed by atoms with van der Waals surface area (Å²) in [7, 11) is 0. The van der Waals surface area contributed by atoms with Gasteiger partial charge in [-0.1, -0.05) is 18.2 Å². The first kappa shape index (κ1) is 13.1. The lowest BCUT2D eigenvalue weighted by Crippen LogP contribution is -2.10. The Bertz CT molecular complexity index is 559. The minimum atomic E-state index is -4.41. The number of halogens is 3. The van der Waals surface area contributed by atoms with E-state index in [-0.39, 0.29) is 5.56 Å². The molecular formula is C14H9F3O2. The van der Waals surface area contributed by atoms with Crippen LogP contribution in [0.5, 0.6) is 5.75 Å². The molecule has 0 bridgehead atoms. The third-order valence-electron chi connectivity index (χ3n) is 2.40. The van der Waals surface area contributed by atoms with Crippen molar-refractivity contribution in [2.24, 2.45) is 0 Å². The van der Waals surface area contributed by atoms with Crippen LogP contribution in [-0.2, 0) is 6.18 Å². The summed E-state index contributed by atoms with van der Waals surface area (Å²) in [6.45, 7) is 0. The Morgan fingerprint density at radius 2 is 1.47 bits per heavy atom. The average molecular weight is 266 g/mol. The molecule has 0 spiro atoms. The van der Waals surface area contributed by atoms with E-state index in [4.69, 9.17) is 4.74 Å². The Kier molecular flexibility index (Phi) is 3.55. The van der Waals surface area contributed by atoms with Crippen molar-refractivity contribution < 1.29 is 22.7 Å². The van der Waals surface area contributed by atoms with Crippen LogP contribution in [0, 0.1) is 0 Å². The van der Waals surface area contributed by atoms with Crippen LogP contribution in [0.3, 0.4) is 0 Å². The quantitative estimate of drug-likeness (QED) is 0.608. The first-order valence-electron chi connectivity index (χ1n) is 5.41. The molecule has 0 N–H and O–H groups in total. The molecule has 2 aromatic rings. The summed E-state index contributed by atoms with van der Waals surface area (Å²) in [6, 6.07) is 12.2. The number of para-hydroxylation sites is 1. The lowest BCUT2D eigenvalue weighted by molar-refractivity contribution is -0.137. The summed E-state index contributed by atoms with van der Waals surface area (Å²) in [5, 5.41) is 0. The van der Waals surface area contributed by atoms with E-state index in [2.05, 4.69) is 0 Å². The summed E-state index contributed by atoms with van der Waals surface area (Å²) in [5.41, 5.74) is -0.736. The second-order valence-electron chi connectivity index (χ2n) is 3.78. The third kappa shape index (κ3) is 3.34. The molecule has 2 aromatic carbocycles. The largest absolute Gasteiger partial charge is 0.423 e. The zero-order chi connectivity index (χ0) is 13.9. The Morgan fingerprint density at radius 3 is 2.00 bits per heavy atom. The number of carbonyl (C=O) groups is 1. The minimum Gasteiger partial charge on any atom is -0.423 e. The van der Waals surface area contributed by atoms with Crippen molar-refractivity contribution >= 4 is 5.97 Å². The molecule has 0 aliphatic rings. The van der Waals surface area contributed by atoms with E-state index >= 15 is 0 Å². The Balaban J connectivity index is 2.12. The molecule has 2 rings (SSSR count). The summed E-state index contributed by atoms with van der Waals surface area (Å²) >= 11 is 0. The highest BCUT2D eigenvalue weighted by Crippen LogP contribution is 2.29. The lowest BCUT2D eigenvalue weighted by Gasteiger charge is -2.07. The van der Waals surface area contributed by atoms with Crippen LogP contribution in [0.2, 0.25) is 0 Å². The molecule has 0 aromatic heterocycles. The zero-order valence-corrected chi connectivity index (χ0v) is 9.65. The van der Waals surface area contributed by atoms with Crippen molar-refractivity contribution in [2.45, 2.75) is 6.18 Å². The topological polar surface area (TPSA) is 26.3 Å². The number of benzene rings is 2. The zero-order valence-electron chi connectivity index (χ0n) is 9.65. The highest BCUT2D eigenvalue weighted by molar-refractivity contribution is 5.91. The van der Waals surface area contributed by atoms with Gasteiger partial charge in [-0.3, -0.25) is 0 Å². The van der Waals surface area contributed by atoms with Crippen molar-refractivity contribution in [3.05, 3.63) is 65.7 Å². The fraction of sp³-hybridized carbons (Fsp3) is 0.0714. The standard InChI is InChI=1S/C14H9F3O2/c15-14(16,17)11-8-6-10(7-9-11)13(18)19-12-4-2-1-3-5-12/h1-9H. The molecule has 2 nitrogen and oxygen atoms in total. The number of esters is 1. The van der Waals surface area contributed by atoms with E-state index in [1.54, 1.807) is 30.3 Å². The molecule has 0 amide bonds. The van der Waals surface area contributed by atoms with Crippen molar-refractivity contribution in [3.63, 3.8) is 0 Å². The number of hydrogen-bond acceptors (Lipinski definition) is 2. The van der Waals surface area contributed by atoms with Gasteiger partial charge >= 0.3 is 12.1 Å². The summed E-state index contributed by atoms with van der Waals surface area (Å²) in [4.78, 5) is 11.7. The van der Waals surface area contributed by atoms with Crippen LogP contribution >= 0.6 is 0 Å². The van der Waals surface area contributed by atoms with Crippen LogP contribution < -0.4 is 4.74 Å². The molecule has 0 unspecified atom stereocenters. The third-order valence-corrected chi connectivity index (χ3v) is 2.40. The van der Waals surface area contributed by atoms with E-state index in [1.807, 2.05) is 0 Å². The molecule has 0 aliphatic heterocycles. The second-order valence-corrected chi connectivity index (χ2v) is 3.78. The van der Waals surface area contributed by atoms with Gasteiger partial charge in [-0.05, 0) is 36.4 Å². The van der Waals surface area contributed by atoms with Gasteiger partial charge in [0.05, 0.1) is 11.1 Å². The Morgan fingerprint density at radius 1 is 0.895 bits per heavy atom. The van der Waals surface area contributed by atoms with Crippen molar-refractivity contribution in [1.82, 2.24) is 0 Å². The van der Waals surface area contributed by atoms with Gasteiger partial charge in [-0.25, -0.2) is 4.79 Å². The summed E-state index contributed by atoms with van der Waals surface area (Å²) in [5.74, 6) is -0.354. The number of alkyl halides is 3. The van der Waals surface area contributed by atoms with Gasteiger partial charge in [0.2, 0.25) is 0 Å². The fourth-order valence-corrected chi connectivity index (χ4v) is 1.45. The van der Waals surface area contributed by atoms with E-state index < -0.39 is 17.7 Å². The predicted octanol–water partition coefficient (Wildman–Crippen LogP) is 3.92. The molecule has 98 valence electrons. The molecule has 0 saturated heterocycles. The summed E-state index contributed by atoms with van der Waals surface area (Å²) in [6.07, 6.45) is -4.41. The maximum Gasteiger partial charge on any atom is 0.416 e. The van der Waals surface area contributed by atoms with Crippen LogP contribution in [0.4, 0.5) is 13.2 Å². The molecule has 0 heterocycles. The smallest absolute Gasteiger partial charge is 0.416 e. The lowest BCUT2D eigenvalue weighted by atomic mass is 10.1. The van der Waals surface area contributed by atoms with Gasteiger partial charge < -0.3 is 4.74 Å². The SMILES string of the molecule is O=C(Oc1ccccc1)c1ccc(C(F)(F)F)cc1. The van der Waals surface area contributed by atoms with Crippen molar-refractivity contribution in [2.75, 3.05) is 0 Å². The maximum absolute atomic E-state index is 12.4. The monoisotopic (exact) mass is 266 g/mol. The van der Waals surface area contributed by atoms with Gasteiger partial charge in [0, 0.05) is 0 Å². The molecule has 0 fully saturated rings. The van der Waals surface area contributed by atoms with Gasteiger partial charge in [0.1, 0.15) is 5.75 Å². The summed E-state index contributed by atoms with van der Waals surface area (Å²) < 4.78 is 42.1. The molecule has 0 atom stereocenters. The number of ether oxygens (including phenoxy) is 1. The van der Waals surface area contributed by atoms with Crippen LogP contribution in [-0.4, -0.2) is 5.97 Å². The first-order valence-corrected chi connectivity index (χ1v) is 5.41. The molecule has 5 heteroatoms. The van der Waals surface area contributed by atoms with E-state index in [0.717, 1.165) is 24.3 Å². The van der Waals surface area contributed by atoms with Crippen molar-refractivity contribution in [3.8, 4) is 5.75 Å². The number of rotatable bonds is 2. The highest BCUT2D eigenvalue weighted by Gasteiger charge is 2.30. The number of carbonyl (C=O) groups excluding carboxylic acids is 1. The van der Waals surface area contributed by atoms with E-state index in [0.29, 0.717) is 5.75 Å². The van der Waals surface area contributed by atoms with Gasteiger partial charge in [-0.2, -0.15) is 13.2 Å². The van der Waals surface area contributed by atoms with Crippen LogP contribution in [0.1, 0.15) is 15.9 Å². The van der Waals surface area contributed by atoms with Gasteiger partial charge in [0.25, 0.3) is 0 Å². The molecule has 0 aliphatic carbocycles. The van der Waals surface area contributed by atoms with Crippen LogP contribution in [0.15, 0.2) is 54.6 Å². The normalized spacial score (nSPS) is 11.1. The molecule has 0 saturated carbocycles. The second kappa shape index (κ2) is 5.14. The minimum absolute atomic E-state index is 0.0665. The van der Waals surface area contributed by atoms with Crippen molar-refractivity contribution in [1.29, 1.82) is 0 Å². The Labute approximate surface area is 107 Å². The number of hydrogen-bond donors (Lipinski definition) is 0. The average Bonchev–Trinajstić information content (AvgIpc) is 2.39. The van der Waals surface area contributed by atoms with E-state index in [1.165, 1.54) is 0 Å². The predicted molar refractivity (Wildman–Crippen MR) is 62.8 cm³/mol. The molecule has 19 heavy (non-hydrogen) atoms. The van der Waals surface area contributed by atoms with Crippen LogP contribution in [0.25, 0.3) is 0 Å². The fourth-order valence-electron chi connectivity index (χ4n) is 1.45. The van der Waals surface area contributed by atoms with Gasteiger partial charge in [0.15, 0.2) is 0 Å². The van der Waals surface area contributed by atoms with Gasteiger partial charge in [-0.15, -0.1) is 0 Å². The maximum atomic E-state index is 12.4. The first-order chi connectivity index (χ1) is 8.97. The molecule has 0 radical (unpaired) electrons. The van der Waals surface area contributed by atoms with E-state index in [9.17, 15) is 18.0 Å². The highest BCUT2D eigenvalue weighted by atomic mass is 19.4. The molecular weight excluding hydrogens is 257 g/mol. The Hall–Kier alpha value is -2.30.